The van der Waals surface area contributed by atoms with Crippen molar-refractivity contribution in [3.63, 3.8) is 0 Å². The van der Waals surface area contributed by atoms with Crippen LogP contribution in [0.25, 0.3) is 20.8 Å². The zero-order chi connectivity index (χ0) is 14.1. The highest BCUT2D eigenvalue weighted by Gasteiger charge is 2.08. The number of hydrogen-bond donors (Lipinski definition) is 1. The number of thiazole rings is 1. The Labute approximate surface area is 118 Å². The van der Waals surface area contributed by atoms with Crippen LogP contribution in [0.5, 0.6) is 0 Å². The van der Waals surface area contributed by atoms with Crippen molar-refractivity contribution in [2.45, 2.75) is 6.92 Å². The molecule has 1 amide bonds. The largest absolute Gasteiger partial charge is 0.325 e. The maximum Gasteiger partial charge on any atom is 0.221 e. The lowest BCUT2D eigenvalue weighted by molar-refractivity contribution is -0.114. The summed E-state index contributed by atoms with van der Waals surface area (Å²) in [5.74, 6) is -0.463. The van der Waals surface area contributed by atoms with E-state index in [1.807, 2.05) is 0 Å². The molecule has 0 aliphatic carbocycles. The highest BCUT2D eigenvalue weighted by molar-refractivity contribution is 7.21. The molecule has 0 spiro atoms. The number of nitrogens with zero attached hydrogens (tertiary/aromatic N) is 2. The summed E-state index contributed by atoms with van der Waals surface area (Å²) in [7, 11) is 0. The molecule has 3 aromatic rings. The number of benzene rings is 1. The smallest absolute Gasteiger partial charge is 0.221 e. The van der Waals surface area contributed by atoms with Gasteiger partial charge in [0.15, 0.2) is 0 Å². The SMILES string of the molecule is CC(=O)Nc1cncc(-c2nc3cc(F)ccc3s2)c1. The van der Waals surface area contributed by atoms with Gasteiger partial charge >= 0.3 is 0 Å². The van der Waals surface area contributed by atoms with Crippen molar-refractivity contribution in [1.82, 2.24) is 9.97 Å². The second-order valence-electron chi connectivity index (χ2n) is 4.27. The van der Waals surface area contributed by atoms with Crippen LogP contribution in [0, 0.1) is 5.82 Å². The number of fused-ring (bicyclic) bond motifs is 1. The molecule has 4 nitrogen and oxygen atoms in total. The van der Waals surface area contributed by atoms with Crippen molar-refractivity contribution in [2.75, 3.05) is 5.32 Å². The molecule has 0 unspecified atom stereocenters. The number of carbonyl (C=O) groups is 1. The van der Waals surface area contributed by atoms with E-state index in [1.54, 1.807) is 24.5 Å². The maximum atomic E-state index is 13.2. The van der Waals surface area contributed by atoms with Crippen LogP contribution in [0.2, 0.25) is 0 Å². The Hall–Kier alpha value is -2.34. The van der Waals surface area contributed by atoms with E-state index in [4.69, 9.17) is 0 Å². The van der Waals surface area contributed by atoms with Crippen LogP contribution >= 0.6 is 11.3 Å². The zero-order valence-electron chi connectivity index (χ0n) is 10.6. The van der Waals surface area contributed by atoms with Crippen molar-refractivity contribution < 1.29 is 9.18 Å². The number of halogens is 1. The van der Waals surface area contributed by atoms with Gasteiger partial charge < -0.3 is 5.32 Å². The number of amides is 1. The van der Waals surface area contributed by atoms with Gasteiger partial charge in [-0.25, -0.2) is 9.37 Å². The Kier molecular flexibility index (Phi) is 3.15. The molecule has 3 rings (SSSR count). The predicted molar refractivity (Wildman–Crippen MR) is 77.1 cm³/mol. The number of hydrogen-bond acceptors (Lipinski definition) is 4. The molecule has 2 heterocycles. The topological polar surface area (TPSA) is 54.9 Å². The highest BCUT2D eigenvalue weighted by atomic mass is 32.1. The molecule has 100 valence electrons. The molecule has 0 radical (unpaired) electrons. The van der Waals surface area contributed by atoms with Crippen molar-refractivity contribution in [3.05, 3.63) is 42.5 Å². The van der Waals surface area contributed by atoms with Gasteiger partial charge in [0, 0.05) is 24.8 Å². The summed E-state index contributed by atoms with van der Waals surface area (Å²) in [5, 5.41) is 3.41. The first-order chi connectivity index (χ1) is 9.61. The summed E-state index contributed by atoms with van der Waals surface area (Å²) in [5.41, 5.74) is 2.02. The summed E-state index contributed by atoms with van der Waals surface area (Å²) in [6.45, 7) is 1.44. The lowest BCUT2D eigenvalue weighted by Crippen LogP contribution is -2.05. The summed E-state index contributed by atoms with van der Waals surface area (Å²) in [6.07, 6.45) is 3.23. The molecule has 0 aliphatic rings. The van der Waals surface area contributed by atoms with E-state index in [2.05, 4.69) is 15.3 Å². The lowest BCUT2D eigenvalue weighted by Gasteiger charge is -2.02. The minimum atomic E-state index is -0.306. The van der Waals surface area contributed by atoms with Gasteiger partial charge in [-0.05, 0) is 18.2 Å². The fourth-order valence-electron chi connectivity index (χ4n) is 1.85. The molecule has 0 saturated heterocycles. The van der Waals surface area contributed by atoms with E-state index < -0.39 is 0 Å². The number of anilines is 1. The van der Waals surface area contributed by atoms with Crippen molar-refractivity contribution in [2.24, 2.45) is 0 Å². The van der Waals surface area contributed by atoms with Crippen LogP contribution in [0.3, 0.4) is 0 Å². The van der Waals surface area contributed by atoms with Gasteiger partial charge in [0.05, 0.1) is 22.1 Å². The van der Waals surface area contributed by atoms with Crippen LogP contribution in [0.4, 0.5) is 10.1 Å². The molecule has 1 N–H and O–H groups in total. The Bertz CT molecular complexity index is 800. The molecule has 0 fully saturated rings. The van der Waals surface area contributed by atoms with Crippen LogP contribution in [-0.2, 0) is 4.79 Å². The number of carbonyl (C=O) groups excluding carboxylic acids is 1. The fourth-order valence-corrected chi connectivity index (χ4v) is 2.78. The Balaban J connectivity index is 2.03. The Morgan fingerprint density at radius 1 is 1.30 bits per heavy atom. The number of rotatable bonds is 2. The van der Waals surface area contributed by atoms with E-state index in [1.165, 1.54) is 30.4 Å². The summed E-state index contributed by atoms with van der Waals surface area (Å²) in [4.78, 5) is 19.5. The monoisotopic (exact) mass is 287 g/mol. The molecule has 1 aromatic carbocycles. The molecule has 6 heteroatoms. The fraction of sp³-hybridized carbons (Fsp3) is 0.0714. The lowest BCUT2D eigenvalue weighted by atomic mass is 10.2. The molecule has 0 atom stereocenters. The van der Waals surface area contributed by atoms with Crippen LogP contribution in [0.15, 0.2) is 36.7 Å². The third-order valence-electron chi connectivity index (χ3n) is 2.66. The third kappa shape index (κ3) is 2.50. The van der Waals surface area contributed by atoms with Gasteiger partial charge in [0.25, 0.3) is 0 Å². The molecule has 0 saturated carbocycles. The zero-order valence-corrected chi connectivity index (χ0v) is 11.4. The second kappa shape index (κ2) is 4.97. The Morgan fingerprint density at radius 2 is 2.15 bits per heavy atom. The average Bonchev–Trinajstić information content (AvgIpc) is 2.81. The van der Waals surface area contributed by atoms with Gasteiger partial charge in [-0.15, -0.1) is 11.3 Å². The van der Waals surface area contributed by atoms with Gasteiger partial charge in [-0.3, -0.25) is 9.78 Å². The first kappa shape index (κ1) is 12.7. The van der Waals surface area contributed by atoms with Gasteiger partial charge in [-0.2, -0.15) is 0 Å². The average molecular weight is 287 g/mol. The molecular weight excluding hydrogens is 277 g/mol. The van der Waals surface area contributed by atoms with Crippen molar-refractivity contribution in [1.29, 1.82) is 0 Å². The first-order valence-electron chi connectivity index (χ1n) is 5.91. The Morgan fingerprint density at radius 3 is 2.95 bits per heavy atom. The number of pyridine rings is 1. The van der Waals surface area contributed by atoms with Gasteiger partial charge in [-0.1, -0.05) is 0 Å². The normalized spacial score (nSPS) is 10.7. The van der Waals surface area contributed by atoms with E-state index in [-0.39, 0.29) is 11.7 Å². The maximum absolute atomic E-state index is 13.2. The standard InChI is InChI=1S/C14H10FN3OS/c1-8(19)17-11-4-9(6-16-7-11)14-18-12-5-10(15)2-3-13(12)20-14/h2-7H,1H3,(H,17,19). The van der Waals surface area contributed by atoms with E-state index >= 15 is 0 Å². The highest BCUT2D eigenvalue weighted by Crippen LogP contribution is 2.31. The molecule has 20 heavy (non-hydrogen) atoms. The summed E-state index contributed by atoms with van der Waals surface area (Å²) >= 11 is 1.46. The van der Waals surface area contributed by atoms with Crippen LogP contribution in [0.1, 0.15) is 6.92 Å². The second-order valence-corrected chi connectivity index (χ2v) is 5.31. The molecule has 0 aliphatic heterocycles. The molecular formula is C14H10FN3OS. The van der Waals surface area contributed by atoms with Crippen molar-refractivity contribution >= 4 is 33.1 Å². The van der Waals surface area contributed by atoms with Crippen molar-refractivity contribution in [3.8, 4) is 10.6 Å². The van der Waals surface area contributed by atoms with E-state index in [0.29, 0.717) is 11.2 Å². The quantitative estimate of drug-likeness (QED) is 0.785. The summed E-state index contributed by atoms with van der Waals surface area (Å²) < 4.78 is 14.1. The van der Waals surface area contributed by atoms with E-state index in [0.717, 1.165) is 15.3 Å². The first-order valence-corrected chi connectivity index (χ1v) is 6.72. The van der Waals surface area contributed by atoms with Crippen LogP contribution in [-0.4, -0.2) is 15.9 Å². The molecule has 2 aromatic heterocycles. The van der Waals surface area contributed by atoms with Crippen LogP contribution < -0.4 is 5.32 Å². The number of aromatic nitrogens is 2. The minimum Gasteiger partial charge on any atom is -0.325 e. The summed E-state index contributed by atoms with van der Waals surface area (Å²) in [6, 6.07) is 6.32. The van der Waals surface area contributed by atoms with E-state index in [9.17, 15) is 9.18 Å². The predicted octanol–water partition coefficient (Wildman–Crippen LogP) is 3.46. The van der Waals surface area contributed by atoms with Gasteiger partial charge in [0.2, 0.25) is 5.91 Å². The van der Waals surface area contributed by atoms with Gasteiger partial charge in [0.1, 0.15) is 10.8 Å². The number of nitrogens with one attached hydrogen (secondary N) is 1. The third-order valence-corrected chi connectivity index (χ3v) is 3.74. The molecule has 0 bridgehead atoms. The minimum absolute atomic E-state index is 0.157.